The fraction of sp³-hybridized carbons (Fsp3) is 0.0833. The fourth-order valence-corrected chi connectivity index (χ4v) is 4.80. The van der Waals surface area contributed by atoms with E-state index in [2.05, 4.69) is 9.97 Å². The van der Waals surface area contributed by atoms with Crippen molar-refractivity contribution in [1.29, 1.82) is 0 Å². The number of aliphatic hydroxyl groups excluding tert-OH is 1. The molecule has 33 heavy (non-hydrogen) atoms. The second kappa shape index (κ2) is 8.10. The van der Waals surface area contributed by atoms with Crippen LogP contribution < -0.4 is 9.64 Å². The van der Waals surface area contributed by atoms with E-state index in [0.717, 1.165) is 4.70 Å². The molecule has 1 atom stereocenters. The van der Waals surface area contributed by atoms with E-state index in [9.17, 15) is 19.1 Å². The van der Waals surface area contributed by atoms with Gasteiger partial charge in [0.25, 0.3) is 5.78 Å². The first-order valence-corrected chi connectivity index (χ1v) is 10.7. The van der Waals surface area contributed by atoms with Gasteiger partial charge in [-0.15, -0.1) is 0 Å². The van der Waals surface area contributed by atoms with E-state index < -0.39 is 23.5 Å². The first kappa shape index (κ1) is 20.8. The molecule has 0 bridgehead atoms. The van der Waals surface area contributed by atoms with Crippen LogP contribution in [-0.2, 0) is 9.59 Å². The molecule has 1 N–H and O–H groups in total. The number of methoxy groups -OCH3 is 1. The van der Waals surface area contributed by atoms with Crippen molar-refractivity contribution in [1.82, 2.24) is 9.97 Å². The van der Waals surface area contributed by atoms with Crippen LogP contribution in [0, 0.1) is 5.82 Å². The number of carbonyl (C=O) groups excluding carboxylic acids is 2. The summed E-state index contributed by atoms with van der Waals surface area (Å²) in [6.07, 6.45) is 2.94. The van der Waals surface area contributed by atoms with E-state index in [-0.39, 0.29) is 16.5 Å². The minimum atomic E-state index is -0.985. The monoisotopic (exact) mass is 461 g/mol. The molecular weight excluding hydrogens is 445 g/mol. The van der Waals surface area contributed by atoms with Gasteiger partial charge in [-0.25, -0.2) is 9.37 Å². The van der Waals surface area contributed by atoms with Crippen molar-refractivity contribution in [2.24, 2.45) is 0 Å². The number of hydrogen-bond donors (Lipinski definition) is 1. The Bertz CT molecular complexity index is 1420. The largest absolute Gasteiger partial charge is 0.507 e. The zero-order valence-electron chi connectivity index (χ0n) is 17.2. The van der Waals surface area contributed by atoms with Crippen molar-refractivity contribution in [3.8, 4) is 5.75 Å². The van der Waals surface area contributed by atoms with Gasteiger partial charge in [0, 0.05) is 18.0 Å². The smallest absolute Gasteiger partial charge is 0.301 e. The lowest BCUT2D eigenvalue weighted by molar-refractivity contribution is -0.132. The summed E-state index contributed by atoms with van der Waals surface area (Å²) in [4.78, 5) is 36.0. The predicted octanol–water partition coefficient (Wildman–Crippen LogP) is 4.47. The average Bonchev–Trinajstić information content (AvgIpc) is 3.37. The lowest BCUT2D eigenvalue weighted by Crippen LogP contribution is -2.29. The Kier molecular flexibility index (Phi) is 5.10. The van der Waals surface area contributed by atoms with E-state index in [1.807, 2.05) is 0 Å². The summed E-state index contributed by atoms with van der Waals surface area (Å²) in [5.74, 6) is -1.85. The van der Waals surface area contributed by atoms with Crippen LogP contribution >= 0.6 is 11.3 Å². The molecule has 9 heteroatoms. The molecule has 2 aromatic carbocycles. The van der Waals surface area contributed by atoms with E-state index in [1.165, 1.54) is 65.0 Å². The number of rotatable bonds is 4. The number of halogens is 1. The highest BCUT2D eigenvalue weighted by Gasteiger charge is 2.48. The maximum absolute atomic E-state index is 13.6. The molecule has 7 nitrogen and oxygen atoms in total. The number of thiazole rings is 1. The molecule has 1 unspecified atom stereocenters. The Morgan fingerprint density at radius 3 is 2.52 bits per heavy atom. The van der Waals surface area contributed by atoms with Gasteiger partial charge in [-0.2, -0.15) is 0 Å². The standard InChI is InChI=1S/C24H16FN3O4S/c1-32-16-6-7-17-18(12-16)33-24(27-17)28-20(13-2-4-15(25)5-3-13)19(22(30)23(28)31)21(29)14-8-10-26-11-9-14/h2-12,20,29H,1H3. The summed E-state index contributed by atoms with van der Waals surface area (Å²) in [6.45, 7) is 0. The number of aromatic nitrogens is 2. The van der Waals surface area contributed by atoms with Crippen LogP contribution in [0.25, 0.3) is 16.0 Å². The number of nitrogens with zero attached hydrogens (tertiary/aromatic N) is 3. The summed E-state index contributed by atoms with van der Waals surface area (Å²) >= 11 is 1.21. The summed E-state index contributed by atoms with van der Waals surface area (Å²) < 4.78 is 19.7. The van der Waals surface area contributed by atoms with Crippen molar-refractivity contribution in [3.63, 3.8) is 0 Å². The first-order chi connectivity index (χ1) is 16.0. The molecule has 1 amide bonds. The van der Waals surface area contributed by atoms with Crippen LogP contribution in [0.15, 0.2) is 72.6 Å². The molecule has 1 fully saturated rings. The van der Waals surface area contributed by atoms with Crippen molar-refractivity contribution in [2.45, 2.75) is 6.04 Å². The van der Waals surface area contributed by atoms with Gasteiger partial charge < -0.3 is 9.84 Å². The number of pyridine rings is 1. The molecule has 164 valence electrons. The predicted molar refractivity (Wildman–Crippen MR) is 122 cm³/mol. The molecule has 2 aromatic heterocycles. The Labute approximate surface area is 191 Å². The number of hydrogen-bond acceptors (Lipinski definition) is 7. The van der Waals surface area contributed by atoms with Crippen LogP contribution in [0.3, 0.4) is 0 Å². The van der Waals surface area contributed by atoms with E-state index >= 15 is 0 Å². The van der Waals surface area contributed by atoms with Gasteiger partial charge in [0.15, 0.2) is 5.13 Å². The maximum atomic E-state index is 13.6. The van der Waals surface area contributed by atoms with Crippen molar-refractivity contribution in [3.05, 3.63) is 89.5 Å². The maximum Gasteiger partial charge on any atom is 0.301 e. The van der Waals surface area contributed by atoms with Gasteiger partial charge in [-0.3, -0.25) is 19.5 Å². The number of amides is 1. The molecule has 0 aliphatic carbocycles. The molecule has 0 saturated carbocycles. The molecular formula is C24H16FN3O4S. The third-order valence-corrected chi connectivity index (χ3v) is 6.39. The van der Waals surface area contributed by atoms with Gasteiger partial charge in [0.1, 0.15) is 17.3 Å². The summed E-state index contributed by atoms with van der Waals surface area (Å²) in [7, 11) is 1.55. The van der Waals surface area contributed by atoms with Crippen LogP contribution in [0.2, 0.25) is 0 Å². The topological polar surface area (TPSA) is 92.6 Å². The first-order valence-electron chi connectivity index (χ1n) is 9.89. The minimum absolute atomic E-state index is 0.102. The number of anilines is 1. The molecule has 4 aromatic rings. The van der Waals surface area contributed by atoms with E-state index in [0.29, 0.717) is 22.4 Å². The molecule has 3 heterocycles. The molecule has 1 aliphatic heterocycles. The quantitative estimate of drug-likeness (QED) is 0.274. The van der Waals surface area contributed by atoms with Gasteiger partial charge in [0.05, 0.1) is 28.9 Å². The highest BCUT2D eigenvalue weighted by molar-refractivity contribution is 7.22. The van der Waals surface area contributed by atoms with Crippen LogP contribution in [-0.4, -0.2) is 33.9 Å². The normalized spacial score (nSPS) is 17.6. The molecule has 0 radical (unpaired) electrons. The minimum Gasteiger partial charge on any atom is -0.507 e. The number of carbonyl (C=O) groups is 2. The zero-order valence-corrected chi connectivity index (χ0v) is 18.0. The highest BCUT2D eigenvalue weighted by Crippen LogP contribution is 2.44. The Morgan fingerprint density at radius 2 is 1.82 bits per heavy atom. The molecule has 1 saturated heterocycles. The van der Waals surface area contributed by atoms with Gasteiger partial charge in [-0.05, 0) is 48.0 Å². The summed E-state index contributed by atoms with van der Waals surface area (Å²) in [5, 5.41) is 11.3. The SMILES string of the molecule is COc1ccc2nc(N3C(=O)C(=O)C(=C(O)c4ccncc4)C3c3ccc(F)cc3)sc2c1. The highest BCUT2D eigenvalue weighted by atomic mass is 32.1. The average molecular weight is 461 g/mol. The molecule has 5 rings (SSSR count). The second-order valence-electron chi connectivity index (χ2n) is 7.29. The number of ketones is 1. The van der Waals surface area contributed by atoms with Gasteiger partial charge >= 0.3 is 5.91 Å². The van der Waals surface area contributed by atoms with Crippen LogP contribution in [0.5, 0.6) is 5.75 Å². The number of fused-ring (bicyclic) bond motifs is 1. The Morgan fingerprint density at radius 1 is 1.09 bits per heavy atom. The van der Waals surface area contributed by atoms with E-state index in [1.54, 1.807) is 25.3 Å². The number of ether oxygens (including phenoxy) is 1. The van der Waals surface area contributed by atoms with E-state index in [4.69, 9.17) is 4.74 Å². The van der Waals surface area contributed by atoms with Crippen molar-refractivity contribution in [2.75, 3.05) is 12.0 Å². The Hall–Kier alpha value is -4.11. The fourth-order valence-electron chi connectivity index (χ4n) is 3.78. The van der Waals surface area contributed by atoms with Crippen LogP contribution in [0.4, 0.5) is 9.52 Å². The lowest BCUT2D eigenvalue weighted by Gasteiger charge is -2.22. The third kappa shape index (κ3) is 3.52. The number of Topliss-reactive ketones (excluding diaryl/α,β-unsaturated/α-hetero) is 1. The third-order valence-electron chi connectivity index (χ3n) is 5.37. The summed E-state index contributed by atoms with van der Waals surface area (Å²) in [6, 6.07) is 12.8. The summed E-state index contributed by atoms with van der Waals surface area (Å²) in [5.41, 5.74) is 1.33. The Balaban J connectivity index is 1.72. The second-order valence-corrected chi connectivity index (χ2v) is 8.30. The number of aliphatic hydroxyl groups is 1. The van der Waals surface area contributed by atoms with Crippen molar-refractivity contribution >= 4 is 44.1 Å². The zero-order chi connectivity index (χ0) is 23.1. The van der Waals surface area contributed by atoms with Gasteiger partial charge in [0.2, 0.25) is 0 Å². The van der Waals surface area contributed by atoms with Gasteiger partial charge in [-0.1, -0.05) is 23.5 Å². The van der Waals surface area contributed by atoms with Crippen molar-refractivity contribution < 1.29 is 23.8 Å². The molecule has 0 spiro atoms. The number of benzene rings is 2. The van der Waals surface area contributed by atoms with Crippen LogP contribution in [0.1, 0.15) is 17.2 Å². The lowest BCUT2D eigenvalue weighted by atomic mass is 9.95. The molecule has 1 aliphatic rings.